The molecule has 1 aliphatic heterocycles. The van der Waals surface area contributed by atoms with Gasteiger partial charge in [-0.25, -0.2) is 9.55 Å². The van der Waals surface area contributed by atoms with Gasteiger partial charge < -0.3 is 4.90 Å². The number of hydrogen-bond acceptors (Lipinski definition) is 4. The van der Waals surface area contributed by atoms with Gasteiger partial charge in [0.25, 0.3) is 0 Å². The van der Waals surface area contributed by atoms with Crippen LogP contribution in [0.15, 0.2) is 54.7 Å². The van der Waals surface area contributed by atoms with Gasteiger partial charge in [-0.2, -0.15) is 5.26 Å². The van der Waals surface area contributed by atoms with Crippen LogP contribution in [0, 0.1) is 11.5 Å². The van der Waals surface area contributed by atoms with Gasteiger partial charge in [0, 0.05) is 12.2 Å². The van der Waals surface area contributed by atoms with Crippen molar-refractivity contribution >= 4 is 35.5 Å². The summed E-state index contributed by atoms with van der Waals surface area (Å²) in [4.78, 5) is 19.1. The van der Waals surface area contributed by atoms with Crippen LogP contribution in [-0.2, 0) is 11.2 Å². The predicted octanol–water partition coefficient (Wildman–Crippen LogP) is 2.22. The summed E-state index contributed by atoms with van der Waals surface area (Å²) in [6, 6.07) is 8.01. The number of aromatic nitrogens is 2. The van der Waals surface area contributed by atoms with Gasteiger partial charge in [0.05, 0.1) is 16.5 Å². The molecule has 0 bridgehead atoms. The Morgan fingerprint density at radius 3 is 2.81 bits per heavy atom. The van der Waals surface area contributed by atoms with E-state index in [2.05, 4.69) is 30.4 Å². The number of imidazole rings is 1. The maximum Gasteiger partial charge on any atom is 0.237 e. The largest absolute Gasteiger partial charge is 0.311 e. The third-order valence-corrected chi connectivity index (χ3v) is 5.22. The molecule has 1 amide bonds. The minimum atomic E-state index is 0.0168. The third-order valence-electron chi connectivity index (χ3n) is 4.30. The quantitative estimate of drug-likeness (QED) is 0.751. The predicted molar refractivity (Wildman–Crippen MR) is 110 cm³/mol. The average Bonchev–Trinajstić information content (AvgIpc) is 3.02. The number of carbonyl (C=O) groups excluding carboxylic acids is 1. The molecule has 0 saturated carbocycles. The van der Waals surface area contributed by atoms with Crippen molar-refractivity contribution in [2.45, 2.75) is 18.0 Å². The number of thioether (sulfide) groups is 1. The summed E-state index contributed by atoms with van der Waals surface area (Å²) in [5.74, 6) is 0.233. The van der Waals surface area contributed by atoms with Gasteiger partial charge in [0.1, 0.15) is 0 Å². The van der Waals surface area contributed by atoms with Crippen molar-refractivity contribution in [1.82, 2.24) is 9.55 Å². The van der Waals surface area contributed by atoms with Crippen molar-refractivity contribution in [3.8, 4) is 6.19 Å². The van der Waals surface area contributed by atoms with Crippen LogP contribution in [0.5, 0.6) is 0 Å². The molecular formula is C21H20N4OS. The summed E-state index contributed by atoms with van der Waals surface area (Å²) < 4.78 is 1.42. The topological polar surface area (TPSA) is 61.9 Å². The molecular weight excluding hydrogens is 356 g/mol. The van der Waals surface area contributed by atoms with Crippen LogP contribution in [0.25, 0.3) is 12.2 Å². The molecule has 1 aromatic carbocycles. The SMILES string of the molecule is C=C/C=c1/nc(SCC(=O)N2CCCc3ccccc32)n(C#N)/c1=C/C=C. The number of fused-ring (bicyclic) bond motifs is 1. The van der Waals surface area contributed by atoms with E-state index in [1.807, 2.05) is 23.1 Å². The number of para-hydroxylation sites is 1. The Kier molecular flexibility index (Phi) is 5.94. The van der Waals surface area contributed by atoms with Crippen molar-refractivity contribution in [3.63, 3.8) is 0 Å². The highest BCUT2D eigenvalue weighted by Crippen LogP contribution is 2.27. The highest BCUT2D eigenvalue weighted by atomic mass is 32.2. The molecule has 0 radical (unpaired) electrons. The maximum atomic E-state index is 12.8. The Balaban J connectivity index is 1.85. The number of aryl methyl sites for hydroxylation is 1. The van der Waals surface area contributed by atoms with Crippen LogP contribution in [0.1, 0.15) is 12.0 Å². The van der Waals surface area contributed by atoms with Crippen molar-refractivity contribution in [2.24, 2.45) is 0 Å². The fraction of sp³-hybridized carbons (Fsp3) is 0.190. The molecule has 0 saturated heterocycles. The zero-order chi connectivity index (χ0) is 19.2. The van der Waals surface area contributed by atoms with E-state index in [9.17, 15) is 10.1 Å². The molecule has 0 N–H and O–H groups in total. The van der Waals surface area contributed by atoms with Crippen LogP contribution in [0.2, 0.25) is 0 Å². The smallest absolute Gasteiger partial charge is 0.237 e. The minimum Gasteiger partial charge on any atom is -0.311 e. The fourth-order valence-corrected chi connectivity index (χ4v) is 3.96. The van der Waals surface area contributed by atoms with Gasteiger partial charge in [0.15, 0.2) is 11.3 Å². The van der Waals surface area contributed by atoms with Crippen molar-refractivity contribution < 1.29 is 4.79 Å². The first-order chi connectivity index (χ1) is 13.2. The van der Waals surface area contributed by atoms with E-state index in [-0.39, 0.29) is 11.7 Å². The van der Waals surface area contributed by atoms with Crippen LogP contribution < -0.4 is 15.6 Å². The molecule has 136 valence electrons. The molecule has 1 aliphatic rings. The second kappa shape index (κ2) is 8.56. The zero-order valence-electron chi connectivity index (χ0n) is 15.0. The number of allylic oxidation sites excluding steroid dienone is 2. The second-order valence-corrected chi connectivity index (χ2v) is 6.91. The van der Waals surface area contributed by atoms with Gasteiger partial charge in [-0.1, -0.05) is 55.3 Å². The Morgan fingerprint density at radius 1 is 1.30 bits per heavy atom. The Morgan fingerprint density at radius 2 is 2.07 bits per heavy atom. The minimum absolute atomic E-state index is 0.0168. The third kappa shape index (κ3) is 3.88. The number of hydrogen-bond donors (Lipinski definition) is 0. The number of nitrogens with zero attached hydrogens (tertiary/aromatic N) is 4. The summed E-state index contributed by atoms with van der Waals surface area (Å²) in [5, 5.41) is 11.3. The zero-order valence-corrected chi connectivity index (χ0v) is 15.8. The molecule has 0 spiro atoms. The lowest BCUT2D eigenvalue weighted by molar-refractivity contribution is -0.116. The standard InChI is InChI=1S/C21H20N4OS/c1-3-8-17-19(9-4-2)25(15-22)21(23-17)27-14-20(26)24-13-7-11-16-10-5-6-12-18(16)24/h3-6,8-10,12H,1-2,7,11,13-14H2/b17-8+,19-9+. The highest BCUT2D eigenvalue weighted by molar-refractivity contribution is 7.99. The summed E-state index contributed by atoms with van der Waals surface area (Å²) in [6.45, 7) is 8.09. The van der Waals surface area contributed by atoms with Crippen molar-refractivity contribution in [2.75, 3.05) is 17.2 Å². The van der Waals surface area contributed by atoms with Crippen molar-refractivity contribution in [3.05, 3.63) is 65.8 Å². The molecule has 1 aromatic heterocycles. The second-order valence-electron chi connectivity index (χ2n) is 5.97. The molecule has 3 rings (SSSR count). The van der Waals surface area contributed by atoms with Crippen LogP contribution >= 0.6 is 11.8 Å². The molecule has 0 unspecified atom stereocenters. The maximum absolute atomic E-state index is 12.8. The lowest BCUT2D eigenvalue weighted by Gasteiger charge is -2.29. The molecule has 5 nitrogen and oxygen atoms in total. The van der Waals surface area contributed by atoms with Crippen LogP contribution in [0.4, 0.5) is 5.69 Å². The molecule has 0 aliphatic carbocycles. The van der Waals surface area contributed by atoms with Crippen LogP contribution in [0.3, 0.4) is 0 Å². The monoisotopic (exact) mass is 376 g/mol. The van der Waals surface area contributed by atoms with Crippen molar-refractivity contribution in [1.29, 1.82) is 5.26 Å². The molecule has 2 aromatic rings. The summed E-state index contributed by atoms with van der Waals surface area (Å²) in [6.07, 6.45) is 10.7. The molecule has 2 heterocycles. The number of amides is 1. The summed E-state index contributed by atoms with van der Waals surface area (Å²) >= 11 is 1.26. The first kappa shape index (κ1) is 18.7. The molecule has 0 fully saturated rings. The fourth-order valence-electron chi connectivity index (χ4n) is 3.12. The van der Waals surface area contributed by atoms with Gasteiger partial charge >= 0.3 is 0 Å². The van der Waals surface area contributed by atoms with E-state index in [0.29, 0.717) is 22.4 Å². The highest BCUT2D eigenvalue weighted by Gasteiger charge is 2.22. The van der Waals surface area contributed by atoms with E-state index in [1.165, 1.54) is 21.9 Å². The summed E-state index contributed by atoms with van der Waals surface area (Å²) in [7, 11) is 0. The van der Waals surface area contributed by atoms with E-state index >= 15 is 0 Å². The van der Waals surface area contributed by atoms with E-state index in [1.54, 1.807) is 24.3 Å². The van der Waals surface area contributed by atoms with E-state index in [0.717, 1.165) is 18.5 Å². The number of carbonyl (C=O) groups is 1. The number of anilines is 1. The van der Waals surface area contributed by atoms with Gasteiger partial charge in [0.2, 0.25) is 5.91 Å². The Hall–Kier alpha value is -3.04. The van der Waals surface area contributed by atoms with E-state index < -0.39 is 0 Å². The number of benzene rings is 1. The molecule has 6 heteroatoms. The molecule has 0 atom stereocenters. The Labute approximate surface area is 162 Å². The lowest BCUT2D eigenvalue weighted by Crippen LogP contribution is -2.36. The van der Waals surface area contributed by atoms with Gasteiger partial charge in [-0.15, -0.1) is 0 Å². The lowest BCUT2D eigenvalue weighted by atomic mass is 10.0. The number of rotatable bonds is 5. The first-order valence-electron chi connectivity index (χ1n) is 8.65. The summed E-state index contributed by atoms with van der Waals surface area (Å²) in [5.41, 5.74) is 2.19. The van der Waals surface area contributed by atoms with Crippen LogP contribution in [-0.4, -0.2) is 27.8 Å². The average molecular weight is 376 g/mol. The van der Waals surface area contributed by atoms with Gasteiger partial charge in [-0.3, -0.25) is 4.79 Å². The first-order valence-corrected chi connectivity index (χ1v) is 9.63. The normalized spacial score (nSPS) is 14.6. The number of nitriles is 1. The molecule has 27 heavy (non-hydrogen) atoms. The van der Waals surface area contributed by atoms with E-state index in [4.69, 9.17) is 0 Å². The Bertz CT molecular complexity index is 1050. The van der Waals surface area contributed by atoms with Gasteiger partial charge in [-0.05, 0) is 36.6 Å².